The van der Waals surface area contributed by atoms with Crippen LogP contribution in [0.2, 0.25) is 0 Å². The van der Waals surface area contributed by atoms with Gasteiger partial charge in [-0.1, -0.05) is 6.07 Å². The molecular weight excluding hydrogens is 250 g/mol. The minimum atomic E-state index is -0.644. The van der Waals surface area contributed by atoms with Crippen molar-refractivity contribution in [1.29, 1.82) is 0 Å². The zero-order valence-corrected chi connectivity index (χ0v) is 9.95. The number of hydrogen-bond donors (Lipinski definition) is 0. The Kier molecular flexibility index (Phi) is 3.24. The minimum absolute atomic E-state index is 0.130. The standard InChI is InChI=1S/C13H9NO5/c1-19-13(16)10-4-2-3-9-11(14(17)18)6-5-8(7-15)12(9)10/h2-7H,1H3. The highest BCUT2D eigenvalue weighted by atomic mass is 16.6. The van der Waals surface area contributed by atoms with E-state index in [9.17, 15) is 19.7 Å². The molecule has 0 saturated heterocycles. The van der Waals surface area contributed by atoms with Crippen LogP contribution in [-0.2, 0) is 4.74 Å². The molecule has 96 valence electrons. The highest BCUT2D eigenvalue weighted by Gasteiger charge is 2.19. The van der Waals surface area contributed by atoms with Crippen LogP contribution in [0.3, 0.4) is 0 Å². The van der Waals surface area contributed by atoms with E-state index in [1.807, 2.05) is 0 Å². The maximum absolute atomic E-state index is 11.7. The van der Waals surface area contributed by atoms with Crippen LogP contribution in [0.4, 0.5) is 5.69 Å². The molecule has 0 aromatic heterocycles. The second-order valence-electron chi connectivity index (χ2n) is 3.77. The van der Waals surface area contributed by atoms with Gasteiger partial charge in [-0.2, -0.15) is 0 Å². The molecule has 0 aliphatic heterocycles. The number of fused-ring (bicyclic) bond motifs is 1. The van der Waals surface area contributed by atoms with Crippen LogP contribution < -0.4 is 0 Å². The van der Waals surface area contributed by atoms with Crippen LogP contribution >= 0.6 is 0 Å². The number of aldehydes is 1. The second kappa shape index (κ2) is 4.85. The first-order valence-electron chi connectivity index (χ1n) is 5.33. The van der Waals surface area contributed by atoms with Gasteiger partial charge in [0.2, 0.25) is 0 Å². The van der Waals surface area contributed by atoms with Crippen molar-refractivity contribution in [3.63, 3.8) is 0 Å². The number of esters is 1. The summed E-state index contributed by atoms with van der Waals surface area (Å²) < 4.78 is 4.62. The van der Waals surface area contributed by atoms with Gasteiger partial charge in [-0.25, -0.2) is 4.79 Å². The van der Waals surface area contributed by atoms with Gasteiger partial charge in [0.05, 0.1) is 23.0 Å². The Morgan fingerprint density at radius 3 is 2.63 bits per heavy atom. The fourth-order valence-corrected chi connectivity index (χ4v) is 1.96. The molecule has 0 atom stereocenters. The van der Waals surface area contributed by atoms with Crippen molar-refractivity contribution < 1.29 is 19.2 Å². The molecule has 0 N–H and O–H groups in total. The average molecular weight is 259 g/mol. The number of carbonyl (C=O) groups excluding carboxylic acids is 2. The Labute approximate surface area is 107 Å². The van der Waals surface area contributed by atoms with Crippen LogP contribution in [0.15, 0.2) is 30.3 Å². The molecule has 0 heterocycles. The molecule has 0 bridgehead atoms. The number of hydrogen-bond acceptors (Lipinski definition) is 5. The summed E-state index contributed by atoms with van der Waals surface area (Å²) in [5, 5.41) is 11.4. The molecule has 0 aliphatic carbocycles. The van der Waals surface area contributed by atoms with Gasteiger partial charge in [0.25, 0.3) is 5.69 Å². The van der Waals surface area contributed by atoms with E-state index in [2.05, 4.69) is 4.74 Å². The monoisotopic (exact) mass is 259 g/mol. The Bertz CT molecular complexity index is 693. The van der Waals surface area contributed by atoms with E-state index in [0.717, 1.165) is 0 Å². The number of nitro groups is 1. The molecule has 0 fully saturated rings. The molecule has 0 unspecified atom stereocenters. The molecule has 0 amide bonds. The normalized spacial score (nSPS) is 10.2. The summed E-state index contributed by atoms with van der Waals surface area (Å²) in [7, 11) is 1.21. The molecule has 2 rings (SSSR count). The van der Waals surface area contributed by atoms with Crippen LogP contribution in [0.5, 0.6) is 0 Å². The lowest BCUT2D eigenvalue weighted by molar-refractivity contribution is -0.383. The van der Waals surface area contributed by atoms with Crippen molar-refractivity contribution in [2.24, 2.45) is 0 Å². The maximum Gasteiger partial charge on any atom is 0.338 e. The summed E-state index contributed by atoms with van der Waals surface area (Å²) in [4.78, 5) is 33.1. The number of benzene rings is 2. The first-order valence-corrected chi connectivity index (χ1v) is 5.33. The lowest BCUT2D eigenvalue weighted by Crippen LogP contribution is -2.04. The lowest BCUT2D eigenvalue weighted by Gasteiger charge is -2.07. The number of carbonyl (C=O) groups is 2. The quantitative estimate of drug-likeness (QED) is 0.365. The first-order chi connectivity index (χ1) is 9.10. The lowest BCUT2D eigenvalue weighted by atomic mass is 9.98. The van der Waals surface area contributed by atoms with E-state index in [4.69, 9.17) is 0 Å². The van der Waals surface area contributed by atoms with Gasteiger partial charge in [-0.15, -0.1) is 0 Å². The van der Waals surface area contributed by atoms with E-state index in [1.54, 1.807) is 0 Å². The molecule has 19 heavy (non-hydrogen) atoms. The molecule has 0 aliphatic rings. The van der Waals surface area contributed by atoms with Crippen molar-refractivity contribution in [2.45, 2.75) is 0 Å². The third-order valence-electron chi connectivity index (χ3n) is 2.78. The Morgan fingerprint density at radius 1 is 1.32 bits per heavy atom. The molecule has 6 nitrogen and oxygen atoms in total. The Hall–Kier alpha value is -2.76. The van der Waals surface area contributed by atoms with E-state index in [0.29, 0.717) is 6.29 Å². The third-order valence-corrected chi connectivity index (χ3v) is 2.78. The zero-order chi connectivity index (χ0) is 14.0. The Balaban J connectivity index is 2.93. The number of nitrogens with zero attached hydrogens (tertiary/aromatic N) is 1. The van der Waals surface area contributed by atoms with Crippen molar-refractivity contribution >= 4 is 28.7 Å². The van der Waals surface area contributed by atoms with Gasteiger partial charge in [0.1, 0.15) is 0 Å². The van der Waals surface area contributed by atoms with Crippen molar-refractivity contribution in [3.05, 3.63) is 51.6 Å². The summed E-state index contributed by atoms with van der Waals surface area (Å²) in [6, 6.07) is 7.03. The third kappa shape index (κ3) is 2.03. The van der Waals surface area contributed by atoms with Gasteiger partial charge in [0.15, 0.2) is 6.29 Å². The van der Waals surface area contributed by atoms with Crippen molar-refractivity contribution in [1.82, 2.24) is 0 Å². The van der Waals surface area contributed by atoms with Gasteiger partial charge >= 0.3 is 5.97 Å². The van der Waals surface area contributed by atoms with E-state index < -0.39 is 10.9 Å². The summed E-state index contributed by atoms with van der Waals surface area (Å²) in [6.45, 7) is 0. The van der Waals surface area contributed by atoms with E-state index in [1.165, 1.54) is 37.4 Å². The van der Waals surface area contributed by atoms with Gasteiger partial charge in [0, 0.05) is 17.0 Å². The van der Waals surface area contributed by atoms with Gasteiger partial charge in [-0.3, -0.25) is 14.9 Å². The van der Waals surface area contributed by atoms with Crippen LogP contribution in [0.1, 0.15) is 20.7 Å². The molecular formula is C13H9NO5. The second-order valence-corrected chi connectivity index (χ2v) is 3.77. The fourth-order valence-electron chi connectivity index (χ4n) is 1.96. The average Bonchev–Trinajstić information content (AvgIpc) is 2.44. The number of ether oxygens (including phenoxy) is 1. The van der Waals surface area contributed by atoms with Crippen LogP contribution in [-0.4, -0.2) is 24.3 Å². The predicted octanol–water partition coefficient (Wildman–Crippen LogP) is 2.35. The maximum atomic E-state index is 11.7. The topological polar surface area (TPSA) is 86.5 Å². The number of non-ortho nitro benzene ring substituents is 1. The molecule has 0 radical (unpaired) electrons. The van der Waals surface area contributed by atoms with Crippen LogP contribution in [0, 0.1) is 10.1 Å². The summed E-state index contributed by atoms with van der Waals surface area (Å²) in [5.41, 5.74) is 0.179. The molecule has 2 aromatic rings. The van der Waals surface area contributed by atoms with Crippen LogP contribution in [0.25, 0.3) is 10.8 Å². The zero-order valence-electron chi connectivity index (χ0n) is 9.95. The number of nitro benzene ring substituents is 1. The summed E-state index contributed by atoms with van der Waals surface area (Å²) >= 11 is 0. The molecule has 2 aromatic carbocycles. The van der Waals surface area contributed by atoms with Crippen molar-refractivity contribution in [3.8, 4) is 0 Å². The highest BCUT2D eigenvalue weighted by molar-refractivity contribution is 6.12. The molecule has 0 spiro atoms. The predicted molar refractivity (Wildman–Crippen MR) is 67.3 cm³/mol. The first kappa shape index (κ1) is 12.7. The van der Waals surface area contributed by atoms with E-state index in [-0.39, 0.29) is 27.6 Å². The number of methoxy groups -OCH3 is 1. The molecule has 6 heteroatoms. The van der Waals surface area contributed by atoms with E-state index >= 15 is 0 Å². The van der Waals surface area contributed by atoms with Gasteiger partial charge < -0.3 is 4.74 Å². The molecule has 0 saturated carbocycles. The Morgan fingerprint density at radius 2 is 2.05 bits per heavy atom. The fraction of sp³-hybridized carbons (Fsp3) is 0.0769. The largest absolute Gasteiger partial charge is 0.465 e. The summed E-state index contributed by atoms with van der Waals surface area (Å²) in [5.74, 6) is -0.644. The smallest absolute Gasteiger partial charge is 0.338 e. The van der Waals surface area contributed by atoms with Crippen molar-refractivity contribution in [2.75, 3.05) is 7.11 Å². The summed E-state index contributed by atoms with van der Waals surface area (Å²) in [6.07, 6.45) is 0.554. The minimum Gasteiger partial charge on any atom is -0.465 e. The SMILES string of the molecule is COC(=O)c1cccc2c([N+](=O)[O-])ccc(C=O)c12. The van der Waals surface area contributed by atoms with Gasteiger partial charge in [-0.05, 0) is 18.2 Å². The number of rotatable bonds is 3. The highest BCUT2D eigenvalue weighted by Crippen LogP contribution is 2.30.